The molecule has 0 saturated heterocycles. The van der Waals surface area contributed by atoms with Crippen LogP contribution in [0, 0.1) is 27.7 Å². The standard InChI is InChI=1S/C14H15NOS/c1-8-5-6-12(9(2)7-8)13(16)14-10(3)15-11(4)17-14/h5-7H,1-4H3. The summed E-state index contributed by atoms with van der Waals surface area (Å²) in [5, 5.41) is 0.940. The van der Waals surface area contributed by atoms with E-state index in [2.05, 4.69) is 4.98 Å². The van der Waals surface area contributed by atoms with Crippen molar-refractivity contribution in [2.24, 2.45) is 0 Å². The van der Waals surface area contributed by atoms with E-state index in [-0.39, 0.29) is 5.78 Å². The smallest absolute Gasteiger partial charge is 0.205 e. The van der Waals surface area contributed by atoms with E-state index in [0.29, 0.717) is 0 Å². The zero-order valence-corrected chi connectivity index (χ0v) is 11.3. The van der Waals surface area contributed by atoms with Gasteiger partial charge in [0.05, 0.1) is 15.6 Å². The highest BCUT2D eigenvalue weighted by Gasteiger charge is 2.17. The maximum absolute atomic E-state index is 12.4. The SMILES string of the molecule is Cc1ccc(C(=O)c2sc(C)nc2C)c(C)c1. The molecule has 2 aromatic rings. The Labute approximate surface area is 105 Å². The van der Waals surface area contributed by atoms with E-state index < -0.39 is 0 Å². The summed E-state index contributed by atoms with van der Waals surface area (Å²) in [5.74, 6) is 0.0885. The fraction of sp³-hybridized carbons (Fsp3) is 0.286. The molecule has 0 spiro atoms. The molecule has 1 aromatic carbocycles. The van der Waals surface area contributed by atoms with Crippen LogP contribution in [-0.2, 0) is 0 Å². The molecule has 2 nitrogen and oxygen atoms in total. The molecule has 0 aliphatic rings. The van der Waals surface area contributed by atoms with Crippen molar-refractivity contribution < 1.29 is 4.79 Å². The molecule has 2 rings (SSSR count). The van der Waals surface area contributed by atoms with E-state index in [1.54, 1.807) is 0 Å². The summed E-state index contributed by atoms with van der Waals surface area (Å²) >= 11 is 1.47. The van der Waals surface area contributed by atoms with E-state index >= 15 is 0 Å². The molecule has 17 heavy (non-hydrogen) atoms. The summed E-state index contributed by atoms with van der Waals surface area (Å²) in [6, 6.07) is 5.92. The number of nitrogens with zero attached hydrogens (tertiary/aromatic N) is 1. The minimum absolute atomic E-state index is 0.0885. The second-order valence-corrected chi connectivity index (χ2v) is 5.50. The Kier molecular flexibility index (Phi) is 3.11. The number of hydrogen-bond donors (Lipinski definition) is 0. The van der Waals surface area contributed by atoms with Gasteiger partial charge in [-0.15, -0.1) is 11.3 Å². The van der Waals surface area contributed by atoms with Crippen LogP contribution in [0.4, 0.5) is 0 Å². The van der Waals surface area contributed by atoms with Crippen LogP contribution in [0.5, 0.6) is 0 Å². The molecule has 0 atom stereocenters. The van der Waals surface area contributed by atoms with Gasteiger partial charge in [0.15, 0.2) is 0 Å². The fourth-order valence-electron chi connectivity index (χ4n) is 1.93. The summed E-state index contributed by atoms with van der Waals surface area (Å²) in [6.45, 7) is 7.82. The molecular formula is C14H15NOS. The predicted octanol–water partition coefficient (Wildman–Crippen LogP) is 3.61. The van der Waals surface area contributed by atoms with E-state index in [1.165, 1.54) is 16.9 Å². The van der Waals surface area contributed by atoms with Crippen molar-refractivity contribution in [3.05, 3.63) is 50.5 Å². The average molecular weight is 245 g/mol. The highest BCUT2D eigenvalue weighted by atomic mass is 32.1. The molecule has 0 amide bonds. The van der Waals surface area contributed by atoms with Gasteiger partial charge in [-0.2, -0.15) is 0 Å². The van der Waals surface area contributed by atoms with Crippen molar-refractivity contribution >= 4 is 17.1 Å². The van der Waals surface area contributed by atoms with E-state index in [1.807, 2.05) is 45.9 Å². The summed E-state index contributed by atoms with van der Waals surface area (Å²) in [7, 11) is 0. The highest BCUT2D eigenvalue weighted by Crippen LogP contribution is 2.23. The molecule has 0 radical (unpaired) electrons. The first-order valence-corrected chi connectivity index (χ1v) is 6.36. The van der Waals surface area contributed by atoms with Gasteiger partial charge in [-0.3, -0.25) is 4.79 Å². The largest absolute Gasteiger partial charge is 0.288 e. The Balaban J connectivity index is 2.47. The lowest BCUT2D eigenvalue weighted by Crippen LogP contribution is -2.03. The van der Waals surface area contributed by atoms with Gasteiger partial charge in [0.1, 0.15) is 0 Å². The molecule has 3 heteroatoms. The molecular weight excluding hydrogens is 230 g/mol. The lowest BCUT2D eigenvalue weighted by atomic mass is 10.0. The van der Waals surface area contributed by atoms with Gasteiger partial charge in [-0.05, 0) is 33.3 Å². The number of carbonyl (C=O) groups excluding carboxylic acids is 1. The monoisotopic (exact) mass is 245 g/mol. The van der Waals surface area contributed by atoms with Crippen molar-refractivity contribution in [1.82, 2.24) is 4.98 Å². The quantitative estimate of drug-likeness (QED) is 0.756. The molecule has 1 heterocycles. The zero-order chi connectivity index (χ0) is 12.6. The van der Waals surface area contributed by atoms with Crippen molar-refractivity contribution in [2.75, 3.05) is 0 Å². The Bertz CT molecular complexity index is 584. The molecule has 0 saturated carbocycles. The second kappa shape index (κ2) is 4.41. The molecule has 0 unspecified atom stereocenters. The van der Waals surface area contributed by atoms with Crippen molar-refractivity contribution in [2.45, 2.75) is 27.7 Å². The zero-order valence-electron chi connectivity index (χ0n) is 10.5. The number of aryl methyl sites for hydroxylation is 4. The van der Waals surface area contributed by atoms with Crippen molar-refractivity contribution in [3.63, 3.8) is 0 Å². The lowest BCUT2D eigenvalue weighted by Gasteiger charge is -2.04. The van der Waals surface area contributed by atoms with Gasteiger partial charge < -0.3 is 0 Å². The molecule has 88 valence electrons. The van der Waals surface area contributed by atoms with Gasteiger partial charge in [-0.1, -0.05) is 23.8 Å². The van der Waals surface area contributed by atoms with Crippen LogP contribution in [0.25, 0.3) is 0 Å². The highest BCUT2D eigenvalue weighted by molar-refractivity contribution is 7.14. The summed E-state index contributed by atoms with van der Waals surface area (Å²) in [5.41, 5.74) is 3.82. The Hall–Kier alpha value is -1.48. The third kappa shape index (κ3) is 2.29. The number of hydrogen-bond acceptors (Lipinski definition) is 3. The first kappa shape index (κ1) is 12.0. The Morgan fingerprint density at radius 2 is 1.88 bits per heavy atom. The molecule has 0 fully saturated rings. The number of ketones is 1. The summed E-state index contributed by atoms with van der Waals surface area (Å²) < 4.78 is 0. The van der Waals surface area contributed by atoms with E-state index in [4.69, 9.17) is 0 Å². The molecule has 0 aliphatic carbocycles. The Morgan fingerprint density at radius 3 is 2.41 bits per heavy atom. The van der Waals surface area contributed by atoms with Crippen LogP contribution in [0.1, 0.15) is 37.1 Å². The van der Waals surface area contributed by atoms with Gasteiger partial charge >= 0.3 is 0 Å². The lowest BCUT2D eigenvalue weighted by molar-refractivity contribution is 0.104. The maximum Gasteiger partial charge on any atom is 0.205 e. The van der Waals surface area contributed by atoms with E-state index in [9.17, 15) is 4.79 Å². The van der Waals surface area contributed by atoms with Crippen LogP contribution in [0.3, 0.4) is 0 Å². The van der Waals surface area contributed by atoms with Crippen LogP contribution in [0.15, 0.2) is 18.2 Å². The fourth-order valence-corrected chi connectivity index (χ4v) is 2.81. The van der Waals surface area contributed by atoms with E-state index in [0.717, 1.165) is 26.7 Å². The van der Waals surface area contributed by atoms with Gasteiger partial charge in [0, 0.05) is 5.56 Å². The first-order chi connectivity index (χ1) is 7.99. The second-order valence-electron chi connectivity index (χ2n) is 4.29. The Morgan fingerprint density at radius 1 is 1.18 bits per heavy atom. The number of rotatable bonds is 2. The molecule has 0 N–H and O–H groups in total. The predicted molar refractivity (Wildman–Crippen MR) is 70.9 cm³/mol. The van der Waals surface area contributed by atoms with Gasteiger partial charge in [0.2, 0.25) is 5.78 Å². The molecule has 1 aromatic heterocycles. The third-order valence-electron chi connectivity index (χ3n) is 2.74. The summed E-state index contributed by atoms with van der Waals surface area (Å²) in [4.78, 5) is 17.4. The number of benzene rings is 1. The third-order valence-corrected chi connectivity index (χ3v) is 3.81. The topological polar surface area (TPSA) is 30.0 Å². The minimum atomic E-state index is 0.0885. The maximum atomic E-state index is 12.4. The van der Waals surface area contributed by atoms with Crippen LogP contribution in [0.2, 0.25) is 0 Å². The van der Waals surface area contributed by atoms with Crippen LogP contribution < -0.4 is 0 Å². The normalized spacial score (nSPS) is 10.6. The van der Waals surface area contributed by atoms with Gasteiger partial charge in [0.25, 0.3) is 0 Å². The minimum Gasteiger partial charge on any atom is -0.288 e. The molecule has 0 aliphatic heterocycles. The van der Waals surface area contributed by atoms with Crippen molar-refractivity contribution in [3.8, 4) is 0 Å². The van der Waals surface area contributed by atoms with Crippen LogP contribution in [-0.4, -0.2) is 10.8 Å². The first-order valence-electron chi connectivity index (χ1n) is 5.55. The number of thiazole rings is 1. The number of aromatic nitrogens is 1. The van der Waals surface area contributed by atoms with Gasteiger partial charge in [-0.25, -0.2) is 4.98 Å². The molecule has 0 bridgehead atoms. The van der Waals surface area contributed by atoms with Crippen LogP contribution >= 0.6 is 11.3 Å². The average Bonchev–Trinajstić information content (AvgIpc) is 2.57. The summed E-state index contributed by atoms with van der Waals surface area (Å²) in [6.07, 6.45) is 0. The number of carbonyl (C=O) groups is 1. The van der Waals surface area contributed by atoms with Crippen molar-refractivity contribution in [1.29, 1.82) is 0 Å².